The van der Waals surface area contributed by atoms with Crippen molar-refractivity contribution < 1.29 is 19.4 Å². The third-order valence-electron chi connectivity index (χ3n) is 3.56. The Morgan fingerprint density at radius 2 is 2.27 bits per heavy atom. The molecule has 22 heavy (non-hydrogen) atoms. The molecule has 1 aliphatic heterocycles. The van der Waals surface area contributed by atoms with E-state index in [1.54, 1.807) is 12.3 Å². The van der Waals surface area contributed by atoms with E-state index in [9.17, 15) is 9.59 Å². The Morgan fingerprint density at radius 3 is 2.91 bits per heavy atom. The molecule has 0 atom stereocenters. The van der Waals surface area contributed by atoms with Crippen molar-refractivity contribution in [1.29, 1.82) is 0 Å². The van der Waals surface area contributed by atoms with E-state index in [2.05, 4.69) is 4.98 Å². The maximum absolute atomic E-state index is 12.1. The van der Waals surface area contributed by atoms with Crippen molar-refractivity contribution in [2.75, 3.05) is 19.7 Å². The van der Waals surface area contributed by atoms with Crippen LogP contribution in [0.15, 0.2) is 24.4 Å². The zero-order valence-electron chi connectivity index (χ0n) is 12.6. The van der Waals surface area contributed by atoms with Gasteiger partial charge in [-0.15, -0.1) is 0 Å². The van der Waals surface area contributed by atoms with Crippen LogP contribution < -0.4 is 0 Å². The predicted molar refractivity (Wildman–Crippen MR) is 81.6 cm³/mol. The standard InChI is InChI=1S/C16H20N2O4/c1-2-3-11-22-15(19)14-13(5-4-8-17-14)12-6-9-18(10-7-12)16(20)21/h4-6,8H,2-3,7,9-11H2,1H3,(H,20,21). The Morgan fingerprint density at radius 1 is 1.45 bits per heavy atom. The SMILES string of the molecule is CCCCOC(=O)c1ncccc1C1=CCN(C(=O)O)CC1. The summed E-state index contributed by atoms with van der Waals surface area (Å²) < 4.78 is 5.23. The van der Waals surface area contributed by atoms with Crippen LogP contribution in [0.25, 0.3) is 5.57 Å². The smallest absolute Gasteiger partial charge is 0.407 e. The lowest BCUT2D eigenvalue weighted by atomic mass is 9.98. The minimum absolute atomic E-state index is 0.300. The zero-order chi connectivity index (χ0) is 15.9. The first-order chi connectivity index (χ1) is 10.6. The number of carboxylic acid groups (broad SMARTS) is 1. The summed E-state index contributed by atoms with van der Waals surface area (Å²) in [5.41, 5.74) is 1.97. The average molecular weight is 304 g/mol. The summed E-state index contributed by atoms with van der Waals surface area (Å²) in [6.45, 7) is 3.16. The Kier molecular flexibility index (Phi) is 5.52. The molecule has 0 saturated carbocycles. The number of pyridine rings is 1. The van der Waals surface area contributed by atoms with Gasteiger partial charge in [0.05, 0.1) is 6.61 Å². The highest BCUT2D eigenvalue weighted by atomic mass is 16.5. The highest BCUT2D eigenvalue weighted by Crippen LogP contribution is 2.25. The second-order valence-electron chi connectivity index (χ2n) is 5.10. The Labute approximate surface area is 129 Å². The van der Waals surface area contributed by atoms with Crippen LogP contribution in [0.4, 0.5) is 4.79 Å². The molecule has 0 fully saturated rings. The first-order valence-corrected chi connectivity index (χ1v) is 7.43. The van der Waals surface area contributed by atoms with E-state index in [0.717, 1.165) is 24.0 Å². The third kappa shape index (κ3) is 3.84. The van der Waals surface area contributed by atoms with Gasteiger partial charge in [-0.2, -0.15) is 0 Å². The molecule has 0 radical (unpaired) electrons. The van der Waals surface area contributed by atoms with Crippen molar-refractivity contribution in [3.63, 3.8) is 0 Å². The number of hydrogen-bond donors (Lipinski definition) is 1. The summed E-state index contributed by atoms with van der Waals surface area (Å²) in [4.78, 5) is 28.5. The summed E-state index contributed by atoms with van der Waals surface area (Å²) in [6, 6.07) is 3.59. The quantitative estimate of drug-likeness (QED) is 0.668. The van der Waals surface area contributed by atoms with Crippen LogP contribution in [0.3, 0.4) is 0 Å². The molecule has 1 aromatic heterocycles. The maximum atomic E-state index is 12.1. The number of aromatic nitrogens is 1. The second kappa shape index (κ2) is 7.59. The van der Waals surface area contributed by atoms with Crippen LogP contribution in [0.1, 0.15) is 42.2 Å². The van der Waals surface area contributed by atoms with Gasteiger partial charge < -0.3 is 14.7 Å². The van der Waals surface area contributed by atoms with E-state index in [-0.39, 0.29) is 0 Å². The topological polar surface area (TPSA) is 79.7 Å². The minimum atomic E-state index is -0.930. The molecule has 0 aliphatic carbocycles. The van der Waals surface area contributed by atoms with Gasteiger partial charge in [0.15, 0.2) is 5.69 Å². The van der Waals surface area contributed by atoms with Crippen molar-refractivity contribution >= 4 is 17.6 Å². The largest absolute Gasteiger partial charge is 0.465 e. The number of hydrogen-bond acceptors (Lipinski definition) is 4. The molecule has 1 amide bonds. The molecule has 6 nitrogen and oxygen atoms in total. The molecule has 2 heterocycles. The van der Waals surface area contributed by atoms with E-state index in [1.165, 1.54) is 4.90 Å². The summed E-state index contributed by atoms with van der Waals surface area (Å²) >= 11 is 0. The number of ether oxygens (including phenoxy) is 1. The summed E-state index contributed by atoms with van der Waals surface area (Å²) in [5, 5.41) is 8.97. The number of rotatable bonds is 5. The van der Waals surface area contributed by atoms with Crippen LogP contribution in [-0.4, -0.2) is 46.7 Å². The summed E-state index contributed by atoms with van der Waals surface area (Å²) in [7, 11) is 0. The highest BCUT2D eigenvalue weighted by molar-refractivity contribution is 5.93. The molecule has 118 valence electrons. The number of carbonyl (C=O) groups is 2. The lowest BCUT2D eigenvalue weighted by molar-refractivity contribution is 0.0492. The van der Waals surface area contributed by atoms with Crippen LogP contribution in [-0.2, 0) is 4.74 Å². The summed E-state index contributed by atoms with van der Waals surface area (Å²) in [6.07, 6.45) is 4.81. The van der Waals surface area contributed by atoms with Crippen molar-refractivity contribution in [3.8, 4) is 0 Å². The molecule has 0 spiro atoms. The highest BCUT2D eigenvalue weighted by Gasteiger charge is 2.21. The normalized spacial score (nSPS) is 14.4. The molecule has 0 saturated heterocycles. The number of esters is 1. The predicted octanol–water partition coefficient (Wildman–Crippen LogP) is 2.81. The fraction of sp³-hybridized carbons (Fsp3) is 0.438. The number of amides is 1. The molecule has 1 aliphatic rings. The third-order valence-corrected chi connectivity index (χ3v) is 3.56. The number of nitrogens with zero attached hydrogens (tertiary/aromatic N) is 2. The van der Waals surface area contributed by atoms with Gasteiger partial charge in [-0.3, -0.25) is 0 Å². The van der Waals surface area contributed by atoms with Gasteiger partial charge in [0, 0.05) is 24.8 Å². The molecule has 0 unspecified atom stereocenters. The molecule has 1 aromatic rings. The minimum Gasteiger partial charge on any atom is -0.465 e. The lowest BCUT2D eigenvalue weighted by Crippen LogP contribution is -2.33. The Bertz CT molecular complexity index is 583. The van der Waals surface area contributed by atoms with Crippen molar-refractivity contribution in [3.05, 3.63) is 35.7 Å². The van der Waals surface area contributed by atoms with Crippen LogP contribution in [0, 0.1) is 0 Å². The van der Waals surface area contributed by atoms with Crippen molar-refractivity contribution in [1.82, 2.24) is 9.88 Å². The Balaban J connectivity index is 2.15. The molecular weight excluding hydrogens is 284 g/mol. The maximum Gasteiger partial charge on any atom is 0.407 e. The monoisotopic (exact) mass is 304 g/mol. The van der Waals surface area contributed by atoms with E-state index in [1.807, 2.05) is 19.1 Å². The van der Waals surface area contributed by atoms with Gasteiger partial charge in [-0.05, 0) is 24.5 Å². The molecule has 1 N–H and O–H groups in total. The van der Waals surface area contributed by atoms with Crippen molar-refractivity contribution in [2.45, 2.75) is 26.2 Å². The number of unbranched alkanes of at least 4 members (excludes halogenated alkanes) is 1. The number of carbonyl (C=O) groups excluding carboxylic acids is 1. The first kappa shape index (κ1) is 16.0. The average Bonchev–Trinajstić information content (AvgIpc) is 2.55. The van der Waals surface area contributed by atoms with E-state index in [4.69, 9.17) is 9.84 Å². The second-order valence-corrected chi connectivity index (χ2v) is 5.10. The van der Waals surface area contributed by atoms with Gasteiger partial charge in [0.25, 0.3) is 0 Å². The van der Waals surface area contributed by atoms with Gasteiger partial charge in [-0.25, -0.2) is 14.6 Å². The molecule has 2 rings (SSSR count). The van der Waals surface area contributed by atoms with Crippen LogP contribution in [0.2, 0.25) is 0 Å². The fourth-order valence-electron chi connectivity index (χ4n) is 2.29. The molecule has 6 heteroatoms. The van der Waals surface area contributed by atoms with Crippen LogP contribution in [0.5, 0.6) is 0 Å². The van der Waals surface area contributed by atoms with Gasteiger partial charge in [0.1, 0.15) is 0 Å². The van der Waals surface area contributed by atoms with E-state index < -0.39 is 12.1 Å². The Hall–Kier alpha value is -2.37. The molecule has 0 bridgehead atoms. The van der Waals surface area contributed by atoms with Crippen LogP contribution >= 0.6 is 0 Å². The van der Waals surface area contributed by atoms with Gasteiger partial charge in [0.2, 0.25) is 0 Å². The van der Waals surface area contributed by atoms with Gasteiger partial charge >= 0.3 is 12.1 Å². The first-order valence-electron chi connectivity index (χ1n) is 7.43. The lowest BCUT2D eigenvalue weighted by Gasteiger charge is -2.24. The zero-order valence-corrected chi connectivity index (χ0v) is 12.6. The molecular formula is C16H20N2O4. The fourth-order valence-corrected chi connectivity index (χ4v) is 2.29. The van der Waals surface area contributed by atoms with Crippen molar-refractivity contribution in [2.24, 2.45) is 0 Å². The van der Waals surface area contributed by atoms with Gasteiger partial charge in [-0.1, -0.05) is 25.5 Å². The molecule has 0 aromatic carbocycles. The van der Waals surface area contributed by atoms with E-state index in [0.29, 0.717) is 31.8 Å². The van der Waals surface area contributed by atoms with E-state index >= 15 is 0 Å². The summed E-state index contributed by atoms with van der Waals surface area (Å²) in [5.74, 6) is -0.425.